The van der Waals surface area contributed by atoms with Gasteiger partial charge in [-0.3, -0.25) is 4.90 Å². The highest BCUT2D eigenvalue weighted by atomic mass is 16.3. The summed E-state index contributed by atoms with van der Waals surface area (Å²) in [6, 6.07) is 7.09. The van der Waals surface area contributed by atoms with Crippen molar-refractivity contribution >= 4 is 11.7 Å². The lowest BCUT2D eigenvalue weighted by Gasteiger charge is -2.34. The van der Waals surface area contributed by atoms with Crippen molar-refractivity contribution in [3.63, 3.8) is 0 Å². The average molecular weight is 293 g/mol. The molecule has 0 aromatic heterocycles. The summed E-state index contributed by atoms with van der Waals surface area (Å²) in [6.07, 6.45) is -0.505. The number of carbonyl (C=O) groups is 1. The Balaban J connectivity index is 1.84. The molecule has 21 heavy (non-hydrogen) atoms. The molecule has 0 spiro atoms. The number of nitrogens with zero attached hydrogens (tertiary/aromatic N) is 2. The van der Waals surface area contributed by atoms with Gasteiger partial charge in [0.05, 0.1) is 12.7 Å². The van der Waals surface area contributed by atoms with Gasteiger partial charge in [0.1, 0.15) is 0 Å². The van der Waals surface area contributed by atoms with Gasteiger partial charge in [-0.2, -0.15) is 0 Å². The van der Waals surface area contributed by atoms with Crippen molar-refractivity contribution in [1.82, 2.24) is 9.80 Å². The first kappa shape index (κ1) is 15.8. The van der Waals surface area contributed by atoms with Crippen LogP contribution in [-0.4, -0.2) is 65.4 Å². The van der Waals surface area contributed by atoms with Crippen molar-refractivity contribution in [2.24, 2.45) is 0 Å². The molecule has 1 fully saturated rings. The lowest BCUT2D eigenvalue weighted by Crippen LogP contribution is -2.50. The molecule has 1 heterocycles. The van der Waals surface area contributed by atoms with E-state index in [4.69, 9.17) is 5.11 Å². The maximum Gasteiger partial charge on any atom is 0.321 e. The number of anilines is 1. The molecule has 0 bridgehead atoms. The fourth-order valence-electron chi connectivity index (χ4n) is 2.36. The molecule has 6 nitrogen and oxygen atoms in total. The lowest BCUT2D eigenvalue weighted by molar-refractivity contribution is 0.127. The van der Waals surface area contributed by atoms with Gasteiger partial charge in [0.2, 0.25) is 0 Å². The molecule has 1 aliphatic rings. The highest BCUT2D eigenvalue weighted by Gasteiger charge is 2.20. The van der Waals surface area contributed by atoms with Crippen molar-refractivity contribution < 1.29 is 15.0 Å². The Bertz CT molecular complexity index is 454. The predicted molar refractivity (Wildman–Crippen MR) is 81.2 cm³/mol. The number of aliphatic hydroxyl groups is 2. The summed E-state index contributed by atoms with van der Waals surface area (Å²) in [5.41, 5.74) is 1.55. The van der Waals surface area contributed by atoms with Crippen LogP contribution in [0, 0.1) is 0 Å². The Morgan fingerprint density at radius 2 is 1.86 bits per heavy atom. The van der Waals surface area contributed by atoms with E-state index >= 15 is 0 Å². The molecule has 1 aromatic rings. The first-order chi connectivity index (χ1) is 10.1. The Labute approximate surface area is 125 Å². The Kier molecular flexibility index (Phi) is 5.55. The molecule has 2 rings (SSSR count). The maximum absolute atomic E-state index is 12.1. The molecule has 1 aliphatic heterocycles. The second-order valence-electron chi connectivity index (χ2n) is 5.28. The standard InChI is InChI=1S/C15H23N3O3/c1-12(20)13-2-4-14(5-3-13)16-15(21)18-8-6-17(7-9-18)10-11-19/h2-5,12,19-20H,6-11H2,1H3,(H,16,21). The molecule has 1 atom stereocenters. The summed E-state index contributed by atoms with van der Waals surface area (Å²) in [5, 5.41) is 21.2. The number of rotatable bonds is 4. The third kappa shape index (κ3) is 4.42. The largest absolute Gasteiger partial charge is 0.395 e. The van der Waals surface area contributed by atoms with Crippen molar-refractivity contribution in [3.8, 4) is 0 Å². The van der Waals surface area contributed by atoms with Crippen LogP contribution in [0.3, 0.4) is 0 Å². The SMILES string of the molecule is CC(O)c1ccc(NC(=O)N2CCN(CCO)CC2)cc1. The number of piperazine rings is 1. The molecule has 1 unspecified atom stereocenters. The third-order valence-corrected chi connectivity index (χ3v) is 3.72. The van der Waals surface area contributed by atoms with Crippen LogP contribution in [0.1, 0.15) is 18.6 Å². The topological polar surface area (TPSA) is 76.0 Å². The molecular weight excluding hydrogens is 270 g/mol. The minimum absolute atomic E-state index is 0.108. The number of benzene rings is 1. The van der Waals surface area contributed by atoms with Crippen LogP contribution in [0.2, 0.25) is 0 Å². The van der Waals surface area contributed by atoms with Crippen LogP contribution < -0.4 is 5.32 Å². The van der Waals surface area contributed by atoms with E-state index in [1.54, 1.807) is 36.1 Å². The van der Waals surface area contributed by atoms with Gasteiger partial charge >= 0.3 is 6.03 Å². The number of carbonyl (C=O) groups excluding carboxylic acids is 1. The molecule has 6 heteroatoms. The van der Waals surface area contributed by atoms with E-state index in [0.717, 1.165) is 24.3 Å². The molecular formula is C15H23N3O3. The van der Waals surface area contributed by atoms with E-state index in [1.807, 2.05) is 0 Å². The first-order valence-electron chi connectivity index (χ1n) is 7.27. The van der Waals surface area contributed by atoms with Crippen LogP contribution in [0.25, 0.3) is 0 Å². The Morgan fingerprint density at radius 3 is 2.38 bits per heavy atom. The zero-order chi connectivity index (χ0) is 15.2. The van der Waals surface area contributed by atoms with E-state index in [1.165, 1.54) is 0 Å². The fraction of sp³-hybridized carbons (Fsp3) is 0.533. The highest BCUT2D eigenvalue weighted by molar-refractivity contribution is 5.89. The van der Waals surface area contributed by atoms with E-state index < -0.39 is 6.10 Å². The summed E-state index contributed by atoms with van der Waals surface area (Å²) < 4.78 is 0. The van der Waals surface area contributed by atoms with Gasteiger partial charge in [-0.05, 0) is 24.6 Å². The molecule has 116 valence electrons. The molecule has 1 saturated heterocycles. The fourth-order valence-corrected chi connectivity index (χ4v) is 2.36. The van der Waals surface area contributed by atoms with Crippen LogP contribution in [0.15, 0.2) is 24.3 Å². The Morgan fingerprint density at radius 1 is 1.24 bits per heavy atom. The van der Waals surface area contributed by atoms with Crippen LogP contribution >= 0.6 is 0 Å². The van der Waals surface area contributed by atoms with Crippen LogP contribution in [0.4, 0.5) is 10.5 Å². The normalized spacial score (nSPS) is 17.6. The molecule has 3 N–H and O–H groups in total. The summed E-state index contributed by atoms with van der Waals surface area (Å²) in [7, 11) is 0. The van der Waals surface area contributed by atoms with E-state index in [0.29, 0.717) is 19.6 Å². The van der Waals surface area contributed by atoms with Crippen LogP contribution in [-0.2, 0) is 0 Å². The van der Waals surface area contributed by atoms with E-state index in [2.05, 4.69) is 10.2 Å². The number of amides is 2. The highest BCUT2D eigenvalue weighted by Crippen LogP contribution is 2.16. The third-order valence-electron chi connectivity index (χ3n) is 3.72. The van der Waals surface area contributed by atoms with Gasteiger partial charge < -0.3 is 20.4 Å². The zero-order valence-corrected chi connectivity index (χ0v) is 12.3. The van der Waals surface area contributed by atoms with Crippen molar-refractivity contribution in [3.05, 3.63) is 29.8 Å². The monoisotopic (exact) mass is 293 g/mol. The average Bonchev–Trinajstić information content (AvgIpc) is 2.49. The van der Waals surface area contributed by atoms with E-state index in [-0.39, 0.29) is 12.6 Å². The zero-order valence-electron chi connectivity index (χ0n) is 12.3. The summed E-state index contributed by atoms with van der Waals surface area (Å²) in [4.78, 5) is 16.1. The first-order valence-corrected chi connectivity index (χ1v) is 7.27. The molecule has 1 aromatic carbocycles. The minimum atomic E-state index is -0.505. The number of urea groups is 1. The second kappa shape index (κ2) is 7.40. The summed E-state index contributed by atoms with van der Waals surface area (Å²) >= 11 is 0. The number of hydrogen-bond acceptors (Lipinski definition) is 4. The maximum atomic E-state index is 12.1. The quantitative estimate of drug-likeness (QED) is 0.770. The molecule has 0 aliphatic carbocycles. The van der Waals surface area contributed by atoms with Gasteiger partial charge in [0.15, 0.2) is 0 Å². The molecule has 0 radical (unpaired) electrons. The molecule has 0 saturated carbocycles. The van der Waals surface area contributed by atoms with Gasteiger partial charge in [-0.1, -0.05) is 12.1 Å². The Hall–Kier alpha value is -1.63. The smallest absolute Gasteiger partial charge is 0.321 e. The van der Waals surface area contributed by atoms with E-state index in [9.17, 15) is 9.90 Å². The van der Waals surface area contributed by atoms with Crippen molar-refractivity contribution in [1.29, 1.82) is 0 Å². The summed E-state index contributed by atoms with van der Waals surface area (Å²) in [6.45, 7) is 5.43. The van der Waals surface area contributed by atoms with Gasteiger partial charge in [0, 0.05) is 38.4 Å². The van der Waals surface area contributed by atoms with Gasteiger partial charge in [-0.15, -0.1) is 0 Å². The number of β-amino-alcohol motifs (C(OH)–C–C–N with tert-alkyl or cyclic N) is 1. The molecule has 2 amide bonds. The predicted octanol–water partition coefficient (Wildman–Crippen LogP) is 0.882. The number of nitrogens with one attached hydrogen (secondary N) is 1. The van der Waals surface area contributed by atoms with Crippen molar-refractivity contribution in [2.45, 2.75) is 13.0 Å². The number of hydrogen-bond donors (Lipinski definition) is 3. The van der Waals surface area contributed by atoms with Crippen molar-refractivity contribution in [2.75, 3.05) is 44.6 Å². The number of aliphatic hydroxyl groups excluding tert-OH is 2. The lowest BCUT2D eigenvalue weighted by atomic mass is 10.1. The second-order valence-corrected chi connectivity index (χ2v) is 5.28. The summed E-state index contributed by atoms with van der Waals surface area (Å²) in [5.74, 6) is 0. The van der Waals surface area contributed by atoms with Gasteiger partial charge in [0.25, 0.3) is 0 Å². The van der Waals surface area contributed by atoms with Crippen LogP contribution in [0.5, 0.6) is 0 Å². The minimum Gasteiger partial charge on any atom is -0.395 e. The van der Waals surface area contributed by atoms with Gasteiger partial charge in [-0.25, -0.2) is 4.79 Å².